The maximum atomic E-state index is 10.4. The van der Waals surface area contributed by atoms with E-state index in [0.29, 0.717) is 5.75 Å². The van der Waals surface area contributed by atoms with Gasteiger partial charge in [0, 0.05) is 0 Å². The molecule has 172 valence electrons. The molecule has 1 heteroatoms. The second-order valence-electron chi connectivity index (χ2n) is 9.96. The summed E-state index contributed by atoms with van der Waals surface area (Å²) in [7, 11) is 0. The summed E-state index contributed by atoms with van der Waals surface area (Å²) in [5, 5.41) is 10.4. The second kappa shape index (κ2) is 13.6. The van der Waals surface area contributed by atoms with Crippen LogP contribution in [0.25, 0.3) is 0 Å². The Bertz CT molecular complexity index is 759. The number of hydrogen-bond acceptors (Lipinski definition) is 1. The number of aromatic hydroxyl groups is 1. The summed E-state index contributed by atoms with van der Waals surface area (Å²) in [6.45, 7) is 9.26. The Morgan fingerprint density at radius 1 is 0.645 bits per heavy atom. The molecule has 0 heterocycles. The molecule has 2 aromatic carbocycles. The van der Waals surface area contributed by atoms with Crippen molar-refractivity contribution in [2.24, 2.45) is 0 Å². The summed E-state index contributed by atoms with van der Waals surface area (Å²) < 4.78 is 0. The van der Waals surface area contributed by atoms with Crippen LogP contribution >= 0.6 is 0 Å². The number of para-hydroxylation sites is 1. The summed E-state index contributed by atoms with van der Waals surface area (Å²) >= 11 is 0. The van der Waals surface area contributed by atoms with Crippen LogP contribution < -0.4 is 0 Å². The summed E-state index contributed by atoms with van der Waals surface area (Å²) in [4.78, 5) is 0. The van der Waals surface area contributed by atoms with Gasteiger partial charge in [0.25, 0.3) is 0 Å². The van der Waals surface area contributed by atoms with Crippen molar-refractivity contribution in [1.82, 2.24) is 0 Å². The van der Waals surface area contributed by atoms with E-state index in [0.717, 1.165) is 12.0 Å². The SMILES string of the molecule is CCCCCCCc1cccc(C(C)(C)Cc2ccccc2O)c1CCCCCCC. The van der Waals surface area contributed by atoms with Crippen molar-refractivity contribution in [3.05, 3.63) is 64.7 Å². The van der Waals surface area contributed by atoms with E-state index in [4.69, 9.17) is 0 Å². The van der Waals surface area contributed by atoms with Crippen LogP contribution in [-0.4, -0.2) is 5.11 Å². The van der Waals surface area contributed by atoms with Crippen molar-refractivity contribution in [3.63, 3.8) is 0 Å². The zero-order valence-electron chi connectivity index (χ0n) is 20.7. The van der Waals surface area contributed by atoms with Crippen LogP contribution in [0, 0.1) is 0 Å². The zero-order valence-corrected chi connectivity index (χ0v) is 20.7. The minimum absolute atomic E-state index is 0.00416. The largest absolute Gasteiger partial charge is 0.508 e. The highest BCUT2D eigenvalue weighted by atomic mass is 16.3. The van der Waals surface area contributed by atoms with E-state index in [1.165, 1.54) is 82.6 Å². The molecular weight excluding hydrogens is 376 g/mol. The standard InChI is InChI=1S/C30H46O/c1-5-7-9-11-13-18-25-20-17-22-28(27(25)21-14-12-10-8-6-2)30(3,4)24-26-19-15-16-23-29(26)31/h15-17,19-20,22-23,31H,5-14,18,21,24H2,1-4H3. The van der Waals surface area contributed by atoms with E-state index in [1.807, 2.05) is 18.2 Å². The molecule has 0 unspecified atom stereocenters. The van der Waals surface area contributed by atoms with Gasteiger partial charge in [-0.25, -0.2) is 0 Å². The molecular formula is C30H46O. The van der Waals surface area contributed by atoms with Gasteiger partial charge < -0.3 is 5.11 Å². The molecule has 0 radical (unpaired) electrons. The van der Waals surface area contributed by atoms with Gasteiger partial charge in [-0.05, 0) is 65.8 Å². The molecule has 0 aliphatic heterocycles. The molecule has 1 nitrogen and oxygen atoms in total. The molecule has 0 saturated carbocycles. The lowest BCUT2D eigenvalue weighted by molar-refractivity contribution is 0.449. The molecule has 2 aromatic rings. The van der Waals surface area contributed by atoms with Gasteiger partial charge in [-0.1, -0.05) is 115 Å². The third kappa shape index (κ3) is 8.36. The Morgan fingerprint density at radius 3 is 1.87 bits per heavy atom. The van der Waals surface area contributed by atoms with Crippen LogP contribution in [0.3, 0.4) is 0 Å². The van der Waals surface area contributed by atoms with Crippen LogP contribution in [-0.2, 0) is 24.7 Å². The van der Waals surface area contributed by atoms with Crippen molar-refractivity contribution in [3.8, 4) is 5.75 Å². The van der Waals surface area contributed by atoms with Gasteiger partial charge in [-0.15, -0.1) is 0 Å². The molecule has 0 fully saturated rings. The molecule has 0 atom stereocenters. The van der Waals surface area contributed by atoms with Gasteiger partial charge in [-0.2, -0.15) is 0 Å². The Kier molecular flexibility index (Phi) is 11.2. The lowest BCUT2D eigenvalue weighted by atomic mass is 9.74. The Morgan fingerprint density at radius 2 is 1.23 bits per heavy atom. The molecule has 0 spiro atoms. The van der Waals surface area contributed by atoms with Crippen molar-refractivity contribution in [2.75, 3.05) is 0 Å². The lowest BCUT2D eigenvalue weighted by Crippen LogP contribution is -2.23. The molecule has 31 heavy (non-hydrogen) atoms. The number of benzene rings is 2. The van der Waals surface area contributed by atoms with Crippen molar-refractivity contribution < 1.29 is 5.11 Å². The molecule has 0 saturated heterocycles. The van der Waals surface area contributed by atoms with E-state index >= 15 is 0 Å². The summed E-state index contributed by atoms with van der Waals surface area (Å²) in [5.41, 5.74) is 5.68. The number of phenolic OH excluding ortho intramolecular Hbond substituents is 1. The molecule has 0 aromatic heterocycles. The van der Waals surface area contributed by atoms with Crippen LogP contribution in [0.1, 0.15) is 114 Å². The minimum atomic E-state index is -0.00416. The number of hydrogen-bond donors (Lipinski definition) is 1. The van der Waals surface area contributed by atoms with Crippen LogP contribution in [0.5, 0.6) is 5.75 Å². The number of aryl methyl sites for hydroxylation is 1. The predicted octanol–water partition coefficient (Wildman–Crippen LogP) is 8.94. The van der Waals surface area contributed by atoms with Gasteiger partial charge >= 0.3 is 0 Å². The highest BCUT2D eigenvalue weighted by Gasteiger charge is 2.26. The number of rotatable bonds is 15. The average molecular weight is 423 g/mol. The van der Waals surface area contributed by atoms with Gasteiger partial charge in [0.1, 0.15) is 5.75 Å². The molecule has 0 bridgehead atoms. The monoisotopic (exact) mass is 422 g/mol. The predicted molar refractivity (Wildman–Crippen MR) is 136 cm³/mol. The maximum absolute atomic E-state index is 10.4. The summed E-state index contributed by atoms with van der Waals surface area (Å²) in [6, 6.07) is 14.8. The third-order valence-corrected chi connectivity index (χ3v) is 6.71. The van der Waals surface area contributed by atoms with E-state index in [1.54, 1.807) is 11.1 Å². The first-order valence-corrected chi connectivity index (χ1v) is 12.9. The van der Waals surface area contributed by atoms with Crippen molar-refractivity contribution in [1.29, 1.82) is 0 Å². The van der Waals surface area contributed by atoms with Crippen LogP contribution in [0.4, 0.5) is 0 Å². The fraction of sp³-hybridized carbons (Fsp3) is 0.600. The smallest absolute Gasteiger partial charge is 0.118 e. The van der Waals surface area contributed by atoms with E-state index in [-0.39, 0.29) is 5.41 Å². The normalized spacial score (nSPS) is 11.7. The third-order valence-electron chi connectivity index (χ3n) is 6.71. The molecule has 1 N–H and O–H groups in total. The van der Waals surface area contributed by atoms with Gasteiger partial charge in [0.15, 0.2) is 0 Å². The van der Waals surface area contributed by atoms with Gasteiger partial charge in [-0.3, -0.25) is 0 Å². The summed E-state index contributed by atoms with van der Waals surface area (Å²) in [5.74, 6) is 0.420. The molecule has 0 aliphatic rings. The fourth-order valence-corrected chi connectivity index (χ4v) is 4.85. The Labute approximate surface area is 192 Å². The maximum Gasteiger partial charge on any atom is 0.118 e. The van der Waals surface area contributed by atoms with E-state index in [9.17, 15) is 5.11 Å². The first-order valence-electron chi connectivity index (χ1n) is 12.9. The summed E-state index contributed by atoms with van der Waals surface area (Å²) in [6.07, 6.45) is 16.5. The minimum Gasteiger partial charge on any atom is -0.508 e. The highest BCUT2D eigenvalue weighted by Crippen LogP contribution is 2.35. The first-order chi connectivity index (χ1) is 15.0. The first kappa shape index (κ1) is 25.5. The average Bonchev–Trinajstić information content (AvgIpc) is 2.75. The Hall–Kier alpha value is -1.76. The fourth-order valence-electron chi connectivity index (χ4n) is 4.85. The second-order valence-corrected chi connectivity index (χ2v) is 9.96. The molecule has 2 rings (SSSR count). The van der Waals surface area contributed by atoms with Gasteiger partial charge in [0.2, 0.25) is 0 Å². The zero-order chi connectivity index (χ0) is 22.5. The number of phenols is 1. The Balaban J connectivity index is 2.21. The van der Waals surface area contributed by atoms with Gasteiger partial charge in [0.05, 0.1) is 0 Å². The quantitative estimate of drug-likeness (QED) is 0.284. The van der Waals surface area contributed by atoms with E-state index < -0.39 is 0 Å². The van der Waals surface area contributed by atoms with Crippen molar-refractivity contribution >= 4 is 0 Å². The highest BCUT2D eigenvalue weighted by molar-refractivity contribution is 5.43. The van der Waals surface area contributed by atoms with E-state index in [2.05, 4.69) is 52.0 Å². The van der Waals surface area contributed by atoms with Crippen LogP contribution in [0.15, 0.2) is 42.5 Å². The molecule has 0 amide bonds. The molecule has 0 aliphatic carbocycles. The van der Waals surface area contributed by atoms with Crippen LogP contribution in [0.2, 0.25) is 0 Å². The number of unbranched alkanes of at least 4 members (excludes halogenated alkanes) is 8. The van der Waals surface area contributed by atoms with Crippen molar-refractivity contribution in [2.45, 2.75) is 117 Å². The topological polar surface area (TPSA) is 20.2 Å². The lowest BCUT2D eigenvalue weighted by Gasteiger charge is -2.30.